The van der Waals surface area contributed by atoms with Gasteiger partial charge in [0.15, 0.2) is 0 Å². The Kier molecular flexibility index (Phi) is 4.94. The summed E-state index contributed by atoms with van der Waals surface area (Å²) in [4.78, 5) is 11.4. The summed E-state index contributed by atoms with van der Waals surface area (Å²) in [6, 6.07) is 6.91. The van der Waals surface area contributed by atoms with Gasteiger partial charge in [0.2, 0.25) is 5.91 Å². The Hall–Kier alpha value is -2.41. The van der Waals surface area contributed by atoms with Crippen LogP contribution in [0.5, 0.6) is 0 Å². The van der Waals surface area contributed by atoms with Crippen molar-refractivity contribution in [3.8, 4) is 0 Å². The van der Waals surface area contributed by atoms with Crippen molar-refractivity contribution in [2.24, 2.45) is 0 Å². The van der Waals surface area contributed by atoms with Gasteiger partial charge in [-0.05, 0) is 55.7 Å². The van der Waals surface area contributed by atoms with Crippen molar-refractivity contribution in [1.29, 1.82) is 0 Å². The zero-order valence-corrected chi connectivity index (χ0v) is 14.7. The van der Waals surface area contributed by atoms with Crippen molar-refractivity contribution in [1.82, 2.24) is 0 Å². The molecule has 5 nitrogen and oxygen atoms in total. The fourth-order valence-electron chi connectivity index (χ4n) is 2.71. The van der Waals surface area contributed by atoms with E-state index in [9.17, 15) is 17.6 Å². The Bertz CT molecular complexity index is 908. The highest BCUT2D eigenvalue weighted by Crippen LogP contribution is 2.31. The molecule has 0 saturated heterocycles. The number of hydrogen-bond donors (Lipinski definition) is 2. The van der Waals surface area contributed by atoms with E-state index in [-0.39, 0.29) is 16.5 Å². The average molecular weight is 350 g/mol. The fourth-order valence-corrected chi connectivity index (χ4v) is 4.23. The summed E-state index contributed by atoms with van der Waals surface area (Å²) in [7, 11) is -3.93. The van der Waals surface area contributed by atoms with Gasteiger partial charge in [0.25, 0.3) is 10.0 Å². The van der Waals surface area contributed by atoms with E-state index < -0.39 is 15.8 Å². The van der Waals surface area contributed by atoms with Crippen LogP contribution in [-0.2, 0) is 14.8 Å². The number of carbonyl (C=O) groups is 1. The van der Waals surface area contributed by atoms with E-state index in [1.165, 1.54) is 25.1 Å². The van der Waals surface area contributed by atoms with E-state index in [2.05, 4.69) is 10.0 Å². The molecular formula is C17H19FN2O3S. The standard InChI is InChI=1S/C17H19FN2O3S/c1-10-8-11(2)17(12(3)16(10)19-13(4)21)24(22,23)20-15-7-5-6-14(18)9-15/h5-9,20H,1-4H3,(H,19,21). The number of rotatable bonds is 4. The lowest BCUT2D eigenvalue weighted by Gasteiger charge is -2.18. The number of halogens is 1. The molecular weight excluding hydrogens is 331 g/mol. The Labute approximate surface area is 141 Å². The lowest BCUT2D eigenvalue weighted by molar-refractivity contribution is -0.114. The number of aryl methyl sites for hydroxylation is 2. The van der Waals surface area contributed by atoms with E-state index in [0.717, 1.165) is 11.6 Å². The van der Waals surface area contributed by atoms with Crippen LogP contribution in [0, 0.1) is 26.6 Å². The van der Waals surface area contributed by atoms with Gasteiger partial charge in [-0.25, -0.2) is 12.8 Å². The summed E-state index contributed by atoms with van der Waals surface area (Å²) < 4.78 is 41.2. The van der Waals surface area contributed by atoms with Gasteiger partial charge in [0.1, 0.15) is 5.82 Å². The fraction of sp³-hybridized carbons (Fsp3) is 0.235. The summed E-state index contributed by atoms with van der Waals surface area (Å²) in [6.45, 7) is 6.46. The van der Waals surface area contributed by atoms with Gasteiger partial charge in [0.05, 0.1) is 10.6 Å². The SMILES string of the molecule is CC(=O)Nc1c(C)cc(C)c(S(=O)(=O)Nc2cccc(F)c2)c1C. The molecule has 0 fully saturated rings. The predicted molar refractivity (Wildman–Crippen MR) is 92.2 cm³/mol. The molecule has 0 saturated carbocycles. The van der Waals surface area contributed by atoms with Gasteiger partial charge >= 0.3 is 0 Å². The molecule has 0 aliphatic rings. The molecule has 0 unspecified atom stereocenters. The summed E-state index contributed by atoms with van der Waals surface area (Å²) >= 11 is 0. The van der Waals surface area contributed by atoms with Crippen LogP contribution >= 0.6 is 0 Å². The quantitative estimate of drug-likeness (QED) is 0.886. The maximum Gasteiger partial charge on any atom is 0.262 e. The molecule has 128 valence electrons. The topological polar surface area (TPSA) is 75.3 Å². The summed E-state index contributed by atoms with van der Waals surface area (Å²) in [5.41, 5.74) is 2.35. The van der Waals surface area contributed by atoms with Crippen LogP contribution in [0.15, 0.2) is 35.2 Å². The number of anilines is 2. The maximum atomic E-state index is 13.3. The van der Waals surface area contributed by atoms with Gasteiger partial charge < -0.3 is 5.32 Å². The van der Waals surface area contributed by atoms with Crippen LogP contribution in [0.1, 0.15) is 23.6 Å². The lowest BCUT2D eigenvalue weighted by Crippen LogP contribution is -2.18. The maximum absolute atomic E-state index is 13.3. The van der Waals surface area contributed by atoms with Crippen molar-refractivity contribution in [3.05, 3.63) is 52.8 Å². The van der Waals surface area contributed by atoms with Crippen LogP contribution in [-0.4, -0.2) is 14.3 Å². The minimum absolute atomic E-state index is 0.0705. The Balaban J connectivity index is 2.55. The highest BCUT2D eigenvalue weighted by molar-refractivity contribution is 7.92. The van der Waals surface area contributed by atoms with Gasteiger partial charge in [-0.3, -0.25) is 9.52 Å². The van der Waals surface area contributed by atoms with Gasteiger partial charge in [-0.2, -0.15) is 0 Å². The Morgan fingerprint density at radius 1 is 1.08 bits per heavy atom. The molecule has 2 aromatic rings. The van der Waals surface area contributed by atoms with Crippen molar-refractivity contribution in [3.63, 3.8) is 0 Å². The normalized spacial score (nSPS) is 11.2. The predicted octanol–water partition coefficient (Wildman–Crippen LogP) is 3.51. The third-order valence-electron chi connectivity index (χ3n) is 3.55. The molecule has 0 atom stereocenters. The van der Waals surface area contributed by atoms with Crippen molar-refractivity contribution >= 4 is 27.3 Å². The van der Waals surface area contributed by atoms with E-state index in [4.69, 9.17) is 0 Å². The minimum Gasteiger partial charge on any atom is -0.326 e. The van der Waals surface area contributed by atoms with E-state index in [1.54, 1.807) is 26.8 Å². The minimum atomic E-state index is -3.93. The second-order valence-corrected chi connectivity index (χ2v) is 7.26. The van der Waals surface area contributed by atoms with Crippen molar-refractivity contribution in [2.45, 2.75) is 32.6 Å². The molecule has 0 radical (unpaired) electrons. The third-order valence-corrected chi connectivity index (χ3v) is 5.22. The number of amides is 1. The molecule has 0 aliphatic heterocycles. The Morgan fingerprint density at radius 3 is 2.33 bits per heavy atom. The van der Waals surface area contributed by atoms with E-state index in [0.29, 0.717) is 16.8 Å². The first-order chi connectivity index (χ1) is 11.1. The molecule has 0 aromatic heterocycles. The highest BCUT2D eigenvalue weighted by atomic mass is 32.2. The number of sulfonamides is 1. The zero-order chi connectivity index (χ0) is 18.1. The average Bonchev–Trinajstić information content (AvgIpc) is 2.42. The molecule has 2 rings (SSSR count). The first-order valence-electron chi connectivity index (χ1n) is 7.28. The molecule has 2 N–H and O–H groups in total. The van der Waals surface area contributed by atoms with Crippen LogP contribution in [0.4, 0.5) is 15.8 Å². The molecule has 0 spiro atoms. The Morgan fingerprint density at radius 2 is 1.75 bits per heavy atom. The smallest absolute Gasteiger partial charge is 0.262 e. The highest BCUT2D eigenvalue weighted by Gasteiger charge is 2.23. The van der Waals surface area contributed by atoms with Crippen LogP contribution in [0.3, 0.4) is 0 Å². The second kappa shape index (κ2) is 6.60. The first-order valence-corrected chi connectivity index (χ1v) is 8.77. The first kappa shape index (κ1) is 17.9. The van der Waals surface area contributed by atoms with Crippen LogP contribution < -0.4 is 10.0 Å². The molecule has 7 heteroatoms. The number of nitrogens with one attached hydrogen (secondary N) is 2. The third kappa shape index (κ3) is 3.73. The molecule has 2 aromatic carbocycles. The molecule has 1 amide bonds. The van der Waals surface area contributed by atoms with Crippen molar-refractivity contribution in [2.75, 3.05) is 10.0 Å². The number of hydrogen-bond acceptors (Lipinski definition) is 3. The van der Waals surface area contributed by atoms with Crippen LogP contribution in [0.25, 0.3) is 0 Å². The largest absolute Gasteiger partial charge is 0.326 e. The van der Waals surface area contributed by atoms with Gasteiger partial charge in [-0.15, -0.1) is 0 Å². The molecule has 0 bridgehead atoms. The number of carbonyl (C=O) groups excluding carboxylic acids is 1. The van der Waals surface area contributed by atoms with E-state index >= 15 is 0 Å². The van der Waals surface area contributed by atoms with E-state index in [1.807, 2.05) is 0 Å². The van der Waals surface area contributed by atoms with Gasteiger partial charge in [0, 0.05) is 12.6 Å². The van der Waals surface area contributed by atoms with Crippen molar-refractivity contribution < 1.29 is 17.6 Å². The summed E-state index contributed by atoms with van der Waals surface area (Å²) in [6.07, 6.45) is 0. The van der Waals surface area contributed by atoms with Crippen LogP contribution in [0.2, 0.25) is 0 Å². The molecule has 0 aliphatic carbocycles. The summed E-state index contributed by atoms with van der Waals surface area (Å²) in [5.74, 6) is -0.821. The number of benzene rings is 2. The molecule has 24 heavy (non-hydrogen) atoms. The lowest BCUT2D eigenvalue weighted by atomic mass is 10.0. The molecule has 0 heterocycles. The summed E-state index contributed by atoms with van der Waals surface area (Å²) in [5, 5.41) is 2.66. The zero-order valence-electron chi connectivity index (χ0n) is 13.9. The van der Waals surface area contributed by atoms with Gasteiger partial charge in [-0.1, -0.05) is 12.1 Å². The monoisotopic (exact) mass is 350 g/mol. The second-order valence-electron chi connectivity index (χ2n) is 5.64.